The first kappa shape index (κ1) is 24.6. The molecule has 0 fully saturated rings. The third-order valence-corrected chi connectivity index (χ3v) is 6.83. The van der Waals surface area contributed by atoms with Crippen molar-refractivity contribution in [2.45, 2.75) is 11.8 Å². The Bertz CT molecular complexity index is 1250. The molecule has 0 heterocycles. The molecule has 0 atom stereocenters. The number of anilines is 2. The average molecular weight is 507 g/mol. The molecule has 0 unspecified atom stereocenters. The summed E-state index contributed by atoms with van der Waals surface area (Å²) in [7, 11) is -4.04. The Kier molecular flexibility index (Phi) is 7.97. The zero-order valence-corrected chi connectivity index (χ0v) is 19.8. The Morgan fingerprint density at radius 1 is 0.970 bits per heavy atom. The lowest BCUT2D eigenvalue weighted by Gasteiger charge is -2.24. The van der Waals surface area contributed by atoms with Crippen molar-refractivity contribution in [3.63, 3.8) is 0 Å². The second kappa shape index (κ2) is 10.7. The number of carbonyl (C=O) groups excluding carboxylic acids is 2. The number of rotatable bonds is 8. The summed E-state index contributed by atoms with van der Waals surface area (Å²) in [5.74, 6) is -1.19. The van der Waals surface area contributed by atoms with Crippen molar-refractivity contribution in [2.75, 3.05) is 22.8 Å². The van der Waals surface area contributed by atoms with Gasteiger partial charge in [-0.3, -0.25) is 9.10 Å². The quantitative estimate of drug-likeness (QED) is 0.433. The zero-order chi connectivity index (χ0) is 24.0. The number of ether oxygens (including phenoxy) is 1. The van der Waals surface area contributed by atoms with Crippen LogP contribution in [0.2, 0.25) is 10.0 Å². The molecule has 0 aliphatic rings. The largest absolute Gasteiger partial charge is 0.462 e. The highest BCUT2D eigenvalue weighted by Crippen LogP contribution is 2.26. The van der Waals surface area contributed by atoms with Crippen LogP contribution in [0.3, 0.4) is 0 Å². The Morgan fingerprint density at radius 3 is 2.24 bits per heavy atom. The van der Waals surface area contributed by atoms with E-state index in [1.807, 2.05) is 0 Å². The fraction of sp³-hybridized carbons (Fsp3) is 0.130. The van der Waals surface area contributed by atoms with E-state index < -0.39 is 28.4 Å². The van der Waals surface area contributed by atoms with Crippen molar-refractivity contribution in [3.8, 4) is 0 Å². The fourth-order valence-electron chi connectivity index (χ4n) is 2.94. The van der Waals surface area contributed by atoms with Crippen LogP contribution in [0.4, 0.5) is 11.4 Å². The van der Waals surface area contributed by atoms with Crippen LogP contribution in [0, 0.1) is 0 Å². The molecule has 33 heavy (non-hydrogen) atoms. The van der Waals surface area contributed by atoms with E-state index in [0.29, 0.717) is 10.7 Å². The van der Waals surface area contributed by atoms with Crippen molar-refractivity contribution in [1.29, 1.82) is 0 Å². The molecule has 3 aromatic rings. The van der Waals surface area contributed by atoms with Gasteiger partial charge < -0.3 is 10.1 Å². The highest BCUT2D eigenvalue weighted by molar-refractivity contribution is 7.92. The number of amides is 1. The normalized spacial score (nSPS) is 11.0. The number of carbonyl (C=O) groups is 2. The molecule has 0 spiro atoms. The monoisotopic (exact) mass is 506 g/mol. The fourth-order valence-corrected chi connectivity index (χ4v) is 4.77. The summed E-state index contributed by atoms with van der Waals surface area (Å²) in [5, 5.41) is 3.13. The summed E-state index contributed by atoms with van der Waals surface area (Å²) in [6, 6.07) is 18.2. The van der Waals surface area contributed by atoms with Crippen molar-refractivity contribution in [1.82, 2.24) is 0 Å². The van der Waals surface area contributed by atoms with Gasteiger partial charge in [-0.1, -0.05) is 41.4 Å². The molecule has 0 saturated heterocycles. The molecule has 7 nitrogen and oxygen atoms in total. The van der Waals surface area contributed by atoms with Gasteiger partial charge in [0.15, 0.2) is 0 Å². The van der Waals surface area contributed by atoms with Crippen LogP contribution in [0.15, 0.2) is 77.7 Å². The first-order chi connectivity index (χ1) is 15.7. The maximum absolute atomic E-state index is 13.3. The number of benzene rings is 3. The molecular formula is C23H20Cl2N2O5S. The molecule has 0 aliphatic carbocycles. The summed E-state index contributed by atoms with van der Waals surface area (Å²) in [6.07, 6.45) is 0. The number of sulfonamides is 1. The Hall–Kier alpha value is -3.07. The molecular weight excluding hydrogens is 487 g/mol. The predicted molar refractivity (Wildman–Crippen MR) is 128 cm³/mol. The molecule has 3 rings (SSSR count). The molecule has 10 heteroatoms. The number of hydrogen-bond acceptors (Lipinski definition) is 5. The van der Waals surface area contributed by atoms with Crippen molar-refractivity contribution in [3.05, 3.63) is 88.4 Å². The van der Waals surface area contributed by atoms with Gasteiger partial charge in [-0.15, -0.1) is 0 Å². The molecule has 0 aliphatic heterocycles. The second-order valence-electron chi connectivity index (χ2n) is 6.76. The molecule has 172 valence electrons. The molecule has 0 saturated carbocycles. The number of nitrogens with zero attached hydrogens (tertiary/aromatic N) is 1. The lowest BCUT2D eigenvalue weighted by atomic mass is 10.2. The summed E-state index contributed by atoms with van der Waals surface area (Å²) < 4.78 is 32.5. The Labute approximate surface area is 201 Å². The van der Waals surface area contributed by atoms with Crippen LogP contribution in [-0.4, -0.2) is 33.4 Å². The summed E-state index contributed by atoms with van der Waals surface area (Å²) in [5.41, 5.74) is 0.728. The minimum atomic E-state index is -4.04. The maximum atomic E-state index is 13.3. The van der Waals surface area contributed by atoms with E-state index in [-0.39, 0.29) is 27.8 Å². The third-order valence-electron chi connectivity index (χ3n) is 4.48. The van der Waals surface area contributed by atoms with Gasteiger partial charge in [0, 0.05) is 10.7 Å². The molecule has 3 aromatic carbocycles. The molecule has 1 amide bonds. The van der Waals surface area contributed by atoms with Gasteiger partial charge in [0.2, 0.25) is 5.91 Å². The number of hydrogen-bond donors (Lipinski definition) is 1. The van der Waals surface area contributed by atoms with Gasteiger partial charge in [-0.2, -0.15) is 0 Å². The molecule has 0 aromatic heterocycles. The highest BCUT2D eigenvalue weighted by Gasteiger charge is 2.27. The van der Waals surface area contributed by atoms with Crippen LogP contribution >= 0.6 is 23.2 Å². The molecule has 0 radical (unpaired) electrons. The van der Waals surface area contributed by atoms with Crippen LogP contribution in [0.25, 0.3) is 0 Å². The first-order valence-corrected chi connectivity index (χ1v) is 12.0. The van der Waals surface area contributed by atoms with Gasteiger partial charge in [0.25, 0.3) is 10.0 Å². The van der Waals surface area contributed by atoms with E-state index in [1.165, 1.54) is 54.6 Å². The predicted octanol–water partition coefficient (Wildman–Crippen LogP) is 5.00. The van der Waals surface area contributed by atoms with Crippen LogP contribution in [0.1, 0.15) is 17.3 Å². The van der Waals surface area contributed by atoms with Crippen molar-refractivity contribution in [2.24, 2.45) is 0 Å². The first-order valence-electron chi connectivity index (χ1n) is 9.82. The van der Waals surface area contributed by atoms with Gasteiger partial charge in [-0.25, -0.2) is 13.2 Å². The zero-order valence-electron chi connectivity index (χ0n) is 17.5. The van der Waals surface area contributed by atoms with Gasteiger partial charge in [0.05, 0.1) is 27.8 Å². The van der Waals surface area contributed by atoms with E-state index in [9.17, 15) is 18.0 Å². The van der Waals surface area contributed by atoms with Crippen LogP contribution < -0.4 is 9.62 Å². The Balaban J connectivity index is 1.86. The SMILES string of the molecule is CCOC(=O)c1ccc(NC(=O)CN(c2ccc(Cl)cc2)S(=O)(=O)c2ccccc2)cc1Cl. The van der Waals surface area contributed by atoms with E-state index >= 15 is 0 Å². The molecule has 0 bridgehead atoms. The minimum Gasteiger partial charge on any atom is -0.462 e. The van der Waals surface area contributed by atoms with E-state index in [0.717, 1.165) is 4.31 Å². The van der Waals surface area contributed by atoms with Gasteiger partial charge in [-0.05, 0) is 61.5 Å². The number of halogens is 2. The van der Waals surface area contributed by atoms with Gasteiger partial charge >= 0.3 is 5.97 Å². The van der Waals surface area contributed by atoms with Gasteiger partial charge in [0.1, 0.15) is 6.54 Å². The smallest absolute Gasteiger partial charge is 0.339 e. The Morgan fingerprint density at radius 2 is 1.64 bits per heavy atom. The summed E-state index contributed by atoms with van der Waals surface area (Å²) in [4.78, 5) is 24.7. The standard InChI is InChI=1S/C23H20Cl2N2O5S/c1-2-32-23(29)20-13-10-17(14-21(20)25)26-22(28)15-27(18-11-8-16(24)9-12-18)33(30,31)19-6-4-3-5-7-19/h3-14H,2,15H2,1H3,(H,26,28). The van der Waals surface area contributed by atoms with Crippen LogP contribution in [-0.2, 0) is 19.6 Å². The van der Waals surface area contributed by atoms with E-state index in [2.05, 4.69) is 5.32 Å². The minimum absolute atomic E-state index is 0.0367. The number of esters is 1. The summed E-state index contributed by atoms with van der Waals surface area (Å²) >= 11 is 12.1. The molecule has 1 N–H and O–H groups in total. The second-order valence-corrected chi connectivity index (χ2v) is 9.47. The topological polar surface area (TPSA) is 92.8 Å². The van der Waals surface area contributed by atoms with Crippen molar-refractivity contribution >= 4 is 56.5 Å². The summed E-state index contributed by atoms with van der Waals surface area (Å²) in [6.45, 7) is 1.37. The average Bonchev–Trinajstić information content (AvgIpc) is 2.79. The maximum Gasteiger partial charge on any atom is 0.339 e. The highest BCUT2D eigenvalue weighted by atomic mass is 35.5. The third kappa shape index (κ3) is 6.04. The van der Waals surface area contributed by atoms with Crippen LogP contribution in [0.5, 0.6) is 0 Å². The van der Waals surface area contributed by atoms with E-state index in [4.69, 9.17) is 27.9 Å². The van der Waals surface area contributed by atoms with E-state index in [1.54, 1.807) is 25.1 Å². The number of nitrogens with one attached hydrogen (secondary N) is 1. The lowest BCUT2D eigenvalue weighted by molar-refractivity contribution is -0.114. The van der Waals surface area contributed by atoms with Crippen molar-refractivity contribution < 1.29 is 22.7 Å². The lowest BCUT2D eigenvalue weighted by Crippen LogP contribution is -2.38.